The molecule has 0 unspecified atom stereocenters. The van der Waals surface area contributed by atoms with Crippen LogP contribution in [0.15, 0.2) is 12.4 Å². The van der Waals surface area contributed by atoms with Gasteiger partial charge in [0, 0.05) is 37.4 Å². The summed E-state index contributed by atoms with van der Waals surface area (Å²) in [5, 5.41) is 4.11. The van der Waals surface area contributed by atoms with Gasteiger partial charge in [-0.1, -0.05) is 13.8 Å². The number of fused-ring (bicyclic) bond motifs is 1. The Morgan fingerprint density at radius 3 is 2.88 bits per heavy atom. The number of piperidine rings is 1. The van der Waals surface area contributed by atoms with E-state index in [0.717, 1.165) is 42.7 Å². The van der Waals surface area contributed by atoms with Crippen LogP contribution < -0.4 is 16.0 Å². The van der Waals surface area contributed by atoms with E-state index in [9.17, 15) is 4.79 Å². The van der Waals surface area contributed by atoms with Crippen molar-refractivity contribution in [2.45, 2.75) is 51.5 Å². The van der Waals surface area contributed by atoms with Gasteiger partial charge in [-0.15, -0.1) is 0 Å². The van der Waals surface area contributed by atoms with Crippen LogP contribution in [0.2, 0.25) is 0 Å². The second-order valence-corrected chi connectivity index (χ2v) is 7.75. The summed E-state index contributed by atoms with van der Waals surface area (Å²) >= 11 is 0. The molecule has 0 spiro atoms. The molecule has 4 rings (SSSR count). The van der Waals surface area contributed by atoms with E-state index in [0.29, 0.717) is 5.92 Å². The molecule has 2 fully saturated rings. The van der Waals surface area contributed by atoms with Crippen molar-refractivity contribution < 1.29 is 4.79 Å². The monoisotopic (exact) mass is 341 g/mol. The lowest BCUT2D eigenvalue weighted by Gasteiger charge is -2.34. The minimum Gasteiger partial charge on any atom is -0.369 e. The van der Waals surface area contributed by atoms with Crippen molar-refractivity contribution in [1.82, 2.24) is 9.97 Å². The van der Waals surface area contributed by atoms with Crippen LogP contribution in [-0.2, 0) is 4.79 Å². The molecule has 0 aromatic carbocycles. The molecular weight excluding hydrogens is 314 g/mol. The summed E-state index contributed by atoms with van der Waals surface area (Å²) in [6, 6.07) is 0.205. The van der Waals surface area contributed by atoms with Gasteiger partial charge in [-0.05, 0) is 37.2 Å². The molecule has 0 radical (unpaired) electrons. The highest BCUT2D eigenvalue weighted by molar-refractivity contribution is 6.07. The first-order chi connectivity index (χ1) is 12.0. The molecule has 134 valence electrons. The van der Waals surface area contributed by atoms with Crippen molar-refractivity contribution in [1.29, 1.82) is 0 Å². The quantitative estimate of drug-likeness (QED) is 0.798. The number of pyridine rings is 1. The number of amides is 1. The van der Waals surface area contributed by atoms with Crippen molar-refractivity contribution in [2.24, 2.45) is 11.7 Å². The number of aromatic nitrogens is 2. The van der Waals surface area contributed by atoms with Crippen molar-refractivity contribution in [3.8, 4) is 0 Å². The van der Waals surface area contributed by atoms with Crippen LogP contribution in [0.1, 0.15) is 51.0 Å². The minimum absolute atomic E-state index is 0.0269. The lowest BCUT2D eigenvalue weighted by Crippen LogP contribution is -2.43. The van der Waals surface area contributed by atoms with E-state index >= 15 is 0 Å². The van der Waals surface area contributed by atoms with Gasteiger partial charge in [0.25, 0.3) is 0 Å². The number of carbonyl (C=O) groups is 1. The number of nitrogens with zero attached hydrogens (tertiary/aromatic N) is 2. The van der Waals surface area contributed by atoms with Gasteiger partial charge in [0.05, 0.1) is 16.8 Å². The Labute approximate surface area is 148 Å². The third-order valence-corrected chi connectivity index (χ3v) is 5.28. The van der Waals surface area contributed by atoms with E-state index in [4.69, 9.17) is 5.73 Å². The second-order valence-electron chi connectivity index (χ2n) is 7.75. The third kappa shape index (κ3) is 3.11. The summed E-state index contributed by atoms with van der Waals surface area (Å²) in [7, 11) is 0. The Kier molecular flexibility index (Phi) is 4.15. The summed E-state index contributed by atoms with van der Waals surface area (Å²) in [6.45, 7) is 5.68. The normalized spacial score (nSPS) is 21.1. The number of carbonyl (C=O) groups excluding carboxylic acids is 1. The molecule has 25 heavy (non-hydrogen) atoms. The molecule has 1 atom stereocenters. The van der Waals surface area contributed by atoms with Gasteiger partial charge in [-0.25, -0.2) is 4.98 Å². The fourth-order valence-electron chi connectivity index (χ4n) is 3.72. The lowest BCUT2D eigenvalue weighted by atomic mass is 10.0. The maximum atomic E-state index is 12.2. The number of H-pyrrole nitrogens is 1. The van der Waals surface area contributed by atoms with Crippen LogP contribution in [0, 0.1) is 5.92 Å². The molecule has 2 aliphatic rings. The fraction of sp³-hybridized carbons (Fsp3) is 0.579. The largest absolute Gasteiger partial charge is 0.369 e. The Bertz CT molecular complexity index is 792. The number of nitrogens with one attached hydrogen (secondary N) is 2. The summed E-state index contributed by atoms with van der Waals surface area (Å²) in [4.78, 5) is 22.5. The Morgan fingerprint density at radius 1 is 1.40 bits per heavy atom. The van der Waals surface area contributed by atoms with Crippen LogP contribution in [-0.4, -0.2) is 35.0 Å². The first-order valence-corrected chi connectivity index (χ1v) is 9.36. The summed E-state index contributed by atoms with van der Waals surface area (Å²) in [5.41, 5.74) is 10.4. The number of hydrogen-bond donors (Lipinski definition) is 3. The Balaban J connectivity index is 1.82. The lowest BCUT2D eigenvalue weighted by molar-refractivity contribution is -0.118. The molecule has 1 saturated carbocycles. The van der Waals surface area contributed by atoms with Crippen molar-refractivity contribution in [2.75, 3.05) is 23.3 Å². The van der Waals surface area contributed by atoms with E-state index in [-0.39, 0.29) is 17.9 Å². The molecule has 1 aliphatic heterocycles. The molecule has 3 heterocycles. The van der Waals surface area contributed by atoms with Crippen LogP contribution >= 0.6 is 0 Å². The van der Waals surface area contributed by atoms with Gasteiger partial charge in [0.15, 0.2) is 0 Å². The molecule has 6 nitrogen and oxygen atoms in total. The average molecular weight is 341 g/mol. The Hall–Kier alpha value is -2.08. The first-order valence-electron chi connectivity index (χ1n) is 9.36. The molecule has 1 saturated heterocycles. The van der Waals surface area contributed by atoms with Gasteiger partial charge < -0.3 is 20.9 Å². The van der Waals surface area contributed by atoms with Gasteiger partial charge in [-0.3, -0.25) is 4.79 Å². The molecule has 0 bridgehead atoms. The fourth-order valence-corrected chi connectivity index (χ4v) is 3.72. The van der Waals surface area contributed by atoms with Crippen molar-refractivity contribution in [3.63, 3.8) is 0 Å². The highest BCUT2D eigenvalue weighted by Gasteiger charge is 2.32. The van der Waals surface area contributed by atoms with Crippen molar-refractivity contribution >= 4 is 28.3 Å². The number of nitrogens with two attached hydrogens (primary N) is 1. The zero-order chi connectivity index (χ0) is 17.6. The molecule has 1 amide bonds. The van der Waals surface area contributed by atoms with Gasteiger partial charge in [0.2, 0.25) is 5.91 Å². The summed E-state index contributed by atoms with van der Waals surface area (Å²) < 4.78 is 0. The molecule has 1 aliphatic carbocycles. The minimum atomic E-state index is -0.0589. The van der Waals surface area contributed by atoms with E-state index in [1.165, 1.54) is 24.1 Å². The maximum Gasteiger partial charge on any atom is 0.226 e. The Morgan fingerprint density at radius 2 is 2.20 bits per heavy atom. The molecular formula is C19H27N5O. The van der Waals surface area contributed by atoms with Gasteiger partial charge in [-0.2, -0.15) is 0 Å². The third-order valence-electron chi connectivity index (χ3n) is 5.28. The summed E-state index contributed by atoms with van der Waals surface area (Å²) in [6.07, 6.45) is 8.50. The number of hydrogen-bond acceptors (Lipinski definition) is 4. The van der Waals surface area contributed by atoms with Crippen molar-refractivity contribution in [3.05, 3.63) is 18.0 Å². The molecule has 2 aromatic rings. The molecule has 2 aromatic heterocycles. The van der Waals surface area contributed by atoms with Gasteiger partial charge in [0.1, 0.15) is 5.65 Å². The van der Waals surface area contributed by atoms with Gasteiger partial charge >= 0.3 is 0 Å². The van der Waals surface area contributed by atoms with Crippen LogP contribution in [0.3, 0.4) is 0 Å². The number of anilines is 2. The second kappa shape index (κ2) is 6.33. The molecule has 4 N–H and O–H groups in total. The van der Waals surface area contributed by atoms with Crippen LogP contribution in [0.4, 0.5) is 11.4 Å². The van der Waals surface area contributed by atoms with E-state index < -0.39 is 0 Å². The number of rotatable bonds is 4. The maximum absolute atomic E-state index is 12.2. The topological polar surface area (TPSA) is 87.0 Å². The summed E-state index contributed by atoms with van der Waals surface area (Å²) in [5.74, 6) is 0.559. The predicted molar refractivity (Wildman–Crippen MR) is 101 cm³/mol. The standard InChI is InChI=1S/C19H27N5O/c1-11(2)19(25)23-15-9-22-18-16(15)17(14(8-21-18)12-5-6-12)24-7-3-4-13(20)10-24/h8-9,11-13H,3-7,10,20H2,1-2H3,(H,21,22)(H,23,25)/t13-/m1/s1. The smallest absolute Gasteiger partial charge is 0.226 e. The zero-order valence-electron chi connectivity index (χ0n) is 15.0. The van der Waals surface area contributed by atoms with Crippen LogP contribution in [0.5, 0.6) is 0 Å². The highest BCUT2D eigenvalue weighted by Crippen LogP contribution is 2.48. The highest BCUT2D eigenvalue weighted by atomic mass is 16.1. The van der Waals surface area contributed by atoms with E-state index in [1.54, 1.807) is 0 Å². The predicted octanol–water partition coefficient (Wildman–Crippen LogP) is 2.96. The first kappa shape index (κ1) is 16.4. The average Bonchev–Trinajstić information content (AvgIpc) is 3.36. The zero-order valence-corrected chi connectivity index (χ0v) is 15.0. The SMILES string of the molecule is CC(C)C(=O)Nc1c[nH]c2ncc(C3CC3)c(N3CCC[C@@H](N)C3)c12. The van der Waals surface area contributed by atoms with E-state index in [1.807, 2.05) is 26.2 Å². The van der Waals surface area contributed by atoms with Crippen LogP contribution in [0.25, 0.3) is 11.0 Å². The van der Waals surface area contributed by atoms with E-state index in [2.05, 4.69) is 20.2 Å². The number of aromatic amines is 1. The molecule has 6 heteroatoms.